The summed E-state index contributed by atoms with van der Waals surface area (Å²) in [6.07, 6.45) is 0.845. The van der Waals surface area contributed by atoms with Crippen LogP contribution in [0.1, 0.15) is 37.4 Å². The molecule has 0 spiro atoms. The van der Waals surface area contributed by atoms with Crippen LogP contribution in [0.5, 0.6) is 11.5 Å². The molecule has 164 valence electrons. The fraction of sp³-hybridized carbons (Fsp3) is 0.304. The van der Waals surface area contributed by atoms with Gasteiger partial charge < -0.3 is 24.8 Å². The minimum absolute atomic E-state index is 0.210. The second-order valence-electron chi connectivity index (χ2n) is 6.79. The first-order valence-corrected chi connectivity index (χ1v) is 10.8. The number of halogens is 1. The average Bonchev–Trinajstić information content (AvgIpc) is 2.77. The summed E-state index contributed by atoms with van der Waals surface area (Å²) >= 11 is 3.53. The third-order valence-electron chi connectivity index (χ3n) is 4.67. The van der Waals surface area contributed by atoms with Crippen molar-refractivity contribution < 1.29 is 23.8 Å². The number of nitrogens with one attached hydrogen (secondary N) is 2. The molecule has 31 heavy (non-hydrogen) atoms. The largest absolute Gasteiger partial charge is 0.493 e. The SMILES string of the molecule is CCCOc1c(Br)cc(C2NC(=O)NC(c3ccccc3)=C2C(=O)OCC)cc1OC. The highest BCUT2D eigenvalue weighted by Gasteiger charge is 2.35. The third kappa shape index (κ3) is 5.02. The molecule has 8 heteroatoms. The predicted molar refractivity (Wildman–Crippen MR) is 121 cm³/mol. The Bertz CT molecular complexity index is 991. The van der Waals surface area contributed by atoms with Crippen molar-refractivity contribution >= 4 is 33.6 Å². The van der Waals surface area contributed by atoms with E-state index in [4.69, 9.17) is 14.2 Å². The highest BCUT2D eigenvalue weighted by atomic mass is 79.9. The van der Waals surface area contributed by atoms with E-state index in [9.17, 15) is 9.59 Å². The van der Waals surface area contributed by atoms with E-state index in [0.29, 0.717) is 45.0 Å². The molecule has 1 atom stereocenters. The maximum absolute atomic E-state index is 13.0. The summed E-state index contributed by atoms with van der Waals surface area (Å²) in [5.41, 5.74) is 2.08. The summed E-state index contributed by atoms with van der Waals surface area (Å²) in [5, 5.41) is 5.60. The van der Waals surface area contributed by atoms with Gasteiger partial charge in [-0.2, -0.15) is 0 Å². The molecule has 1 unspecified atom stereocenters. The van der Waals surface area contributed by atoms with Gasteiger partial charge in [0, 0.05) is 0 Å². The first-order chi connectivity index (χ1) is 15.0. The fourth-order valence-corrected chi connectivity index (χ4v) is 3.90. The molecular weight excluding hydrogens is 464 g/mol. The summed E-state index contributed by atoms with van der Waals surface area (Å²) in [6.45, 7) is 4.50. The Morgan fingerprint density at radius 3 is 2.55 bits per heavy atom. The molecular formula is C23H25BrN2O5. The summed E-state index contributed by atoms with van der Waals surface area (Å²) < 4.78 is 17.3. The Morgan fingerprint density at radius 2 is 1.90 bits per heavy atom. The van der Waals surface area contributed by atoms with Crippen molar-refractivity contribution in [3.63, 3.8) is 0 Å². The van der Waals surface area contributed by atoms with Gasteiger partial charge in [-0.25, -0.2) is 9.59 Å². The zero-order valence-corrected chi connectivity index (χ0v) is 19.2. The summed E-state index contributed by atoms with van der Waals surface area (Å²) in [6, 6.07) is 11.6. The molecule has 1 heterocycles. The smallest absolute Gasteiger partial charge is 0.338 e. The van der Waals surface area contributed by atoms with Crippen molar-refractivity contribution in [2.75, 3.05) is 20.3 Å². The molecule has 2 aromatic carbocycles. The number of methoxy groups -OCH3 is 1. The van der Waals surface area contributed by atoms with Gasteiger partial charge in [0.1, 0.15) is 0 Å². The van der Waals surface area contributed by atoms with E-state index >= 15 is 0 Å². The highest BCUT2D eigenvalue weighted by molar-refractivity contribution is 9.10. The number of benzene rings is 2. The molecule has 2 amide bonds. The third-order valence-corrected chi connectivity index (χ3v) is 5.25. The molecule has 0 aliphatic carbocycles. The quantitative estimate of drug-likeness (QED) is 0.531. The van der Waals surface area contributed by atoms with E-state index < -0.39 is 18.0 Å². The molecule has 1 aliphatic rings. The number of hydrogen-bond acceptors (Lipinski definition) is 5. The fourth-order valence-electron chi connectivity index (χ4n) is 3.33. The lowest BCUT2D eigenvalue weighted by atomic mass is 9.92. The Hall–Kier alpha value is -3.00. The molecule has 3 rings (SSSR count). The van der Waals surface area contributed by atoms with Gasteiger partial charge in [0.25, 0.3) is 0 Å². The Kier molecular flexibility index (Phi) is 7.57. The minimum Gasteiger partial charge on any atom is -0.493 e. The van der Waals surface area contributed by atoms with Gasteiger partial charge in [-0.3, -0.25) is 0 Å². The lowest BCUT2D eigenvalue weighted by Gasteiger charge is -2.30. The van der Waals surface area contributed by atoms with E-state index in [1.165, 1.54) is 0 Å². The number of amides is 2. The van der Waals surface area contributed by atoms with Crippen molar-refractivity contribution in [2.45, 2.75) is 26.3 Å². The first-order valence-electron chi connectivity index (χ1n) is 10.0. The minimum atomic E-state index is -0.742. The number of carbonyl (C=O) groups excluding carboxylic acids is 2. The molecule has 0 saturated carbocycles. The van der Waals surface area contributed by atoms with Crippen LogP contribution in [-0.2, 0) is 9.53 Å². The zero-order valence-electron chi connectivity index (χ0n) is 17.7. The predicted octanol–water partition coefficient (Wildman–Crippen LogP) is 4.57. The van der Waals surface area contributed by atoms with Gasteiger partial charge in [-0.1, -0.05) is 37.3 Å². The van der Waals surface area contributed by atoms with Crippen LogP contribution in [0.4, 0.5) is 4.79 Å². The first kappa shape index (κ1) is 22.7. The average molecular weight is 489 g/mol. The van der Waals surface area contributed by atoms with Gasteiger partial charge in [0.05, 0.1) is 42.1 Å². The molecule has 0 fully saturated rings. The number of ether oxygens (including phenoxy) is 3. The van der Waals surface area contributed by atoms with E-state index in [-0.39, 0.29) is 6.61 Å². The molecule has 0 aromatic heterocycles. The molecule has 0 bridgehead atoms. The topological polar surface area (TPSA) is 85.9 Å². The Labute approximate surface area is 189 Å². The van der Waals surface area contributed by atoms with Crippen LogP contribution in [0.15, 0.2) is 52.5 Å². The molecule has 2 aromatic rings. The standard InChI is InChI=1S/C23H25BrN2O5/c1-4-11-31-21-16(24)12-15(13-17(21)29-3)20-18(22(27)30-5-2)19(25-23(28)26-20)14-9-7-6-8-10-14/h6-10,12-13,20H,4-5,11H2,1-3H3,(H2,25,26,28). The summed E-state index contributed by atoms with van der Waals surface area (Å²) in [7, 11) is 1.54. The van der Waals surface area contributed by atoms with Gasteiger partial charge >= 0.3 is 12.0 Å². The normalized spacial score (nSPS) is 15.7. The number of urea groups is 1. The maximum Gasteiger partial charge on any atom is 0.338 e. The zero-order chi connectivity index (χ0) is 22.4. The number of hydrogen-bond donors (Lipinski definition) is 2. The monoisotopic (exact) mass is 488 g/mol. The van der Waals surface area contributed by atoms with Crippen molar-refractivity contribution in [1.29, 1.82) is 0 Å². The Morgan fingerprint density at radius 1 is 1.16 bits per heavy atom. The lowest BCUT2D eigenvalue weighted by Crippen LogP contribution is -2.45. The van der Waals surface area contributed by atoms with Gasteiger partial charge in [0.2, 0.25) is 0 Å². The van der Waals surface area contributed by atoms with Crippen LogP contribution in [0.3, 0.4) is 0 Å². The number of esters is 1. The molecule has 1 aliphatic heterocycles. The van der Waals surface area contributed by atoms with Crippen LogP contribution >= 0.6 is 15.9 Å². The van der Waals surface area contributed by atoms with Crippen LogP contribution in [-0.4, -0.2) is 32.3 Å². The van der Waals surface area contributed by atoms with Gasteiger partial charge in [-0.05, 0) is 52.5 Å². The second kappa shape index (κ2) is 10.3. The van der Waals surface area contributed by atoms with Crippen LogP contribution < -0.4 is 20.1 Å². The van der Waals surface area contributed by atoms with E-state index in [0.717, 1.165) is 6.42 Å². The molecule has 0 radical (unpaired) electrons. The van der Waals surface area contributed by atoms with Crippen molar-refractivity contribution in [3.05, 3.63) is 63.6 Å². The molecule has 0 saturated heterocycles. The van der Waals surface area contributed by atoms with E-state index in [2.05, 4.69) is 26.6 Å². The lowest BCUT2D eigenvalue weighted by molar-refractivity contribution is -0.138. The van der Waals surface area contributed by atoms with Gasteiger partial charge in [-0.15, -0.1) is 0 Å². The Balaban J connectivity index is 2.16. The van der Waals surface area contributed by atoms with Crippen molar-refractivity contribution in [3.8, 4) is 11.5 Å². The van der Waals surface area contributed by atoms with E-state index in [1.807, 2.05) is 43.3 Å². The molecule has 7 nitrogen and oxygen atoms in total. The van der Waals surface area contributed by atoms with Crippen molar-refractivity contribution in [2.24, 2.45) is 0 Å². The van der Waals surface area contributed by atoms with Crippen LogP contribution in [0.2, 0.25) is 0 Å². The highest BCUT2D eigenvalue weighted by Crippen LogP contribution is 2.41. The maximum atomic E-state index is 13.0. The summed E-state index contributed by atoms with van der Waals surface area (Å²) in [4.78, 5) is 25.5. The van der Waals surface area contributed by atoms with Crippen molar-refractivity contribution in [1.82, 2.24) is 10.6 Å². The number of rotatable bonds is 8. The van der Waals surface area contributed by atoms with E-state index in [1.54, 1.807) is 20.1 Å². The summed E-state index contributed by atoms with van der Waals surface area (Å²) in [5.74, 6) is 0.550. The van der Waals surface area contributed by atoms with Crippen LogP contribution in [0, 0.1) is 0 Å². The van der Waals surface area contributed by atoms with Gasteiger partial charge in [0.15, 0.2) is 11.5 Å². The second-order valence-corrected chi connectivity index (χ2v) is 7.64. The number of carbonyl (C=O) groups is 2. The molecule has 2 N–H and O–H groups in total. The van der Waals surface area contributed by atoms with Crippen LogP contribution in [0.25, 0.3) is 5.70 Å².